The number of carboxylic acid groups (broad SMARTS) is 1. The molecule has 0 bridgehead atoms. The molecule has 4 nitrogen and oxygen atoms in total. The maximum Gasteiger partial charge on any atom is 0.309 e. The van der Waals surface area contributed by atoms with Gasteiger partial charge < -0.3 is 9.84 Å². The quantitative estimate of drug-likeness (QED) is 0.409. The van der Waals surface area contributed by atoms with Crippen LogP contribution >= 0.6 is 0 Å². The fourth-order valence-corrected chi connectivity index (χ4v) is 5.94. The predicted octanol–water partition coefficient (Wildman–Crippen LogP) is 5.94. The normalized spacial score (nSPS) is 35.3. The summed E-state index contributed by atoms with van der Waals surface area (Å²) in [5.41, 5.74) is 0.348. The third-order valence-electron chi connectivity index (χ3n) is 7.91. The van der Waals surface area contributed by atoms with Gasteiger partial charge in [0, 0.05) is 0 Å². The van der Waals surface area contributed by atoms with Gasteiger partial charge in [-0.1, -0.05) is 60.3 Å². The largest absolute Gasteiger partial charge is 0.481 e. The van der Waals surface area contributed by atoms with E-state index in [9.17, 15) is 14.7 Å². The molecular weight excluding hydrogens is 352 g/mol. The molecule has 2 rings (SSSR count). The number of ether oxygens (including phenoxy) is 1. The first-order valence-electron chi connectivity index (χ1n) is 11.6. The van der Waals surface area contributed by atoms with Gasteiger partial charge in [-0.2, -0.15) is 0 Å². The van der Waals surface area contributed by atoms with E-state index in [0.29, 0.717) is 36.2 Å². The number of carbonyl (C=O) groups excluding carboxylic acids is 1. The van der Waals surface area contributed by atoms with Crippen LogP contribution in [-0.4, -0.2) is 23.7 Å². The van der Waals surface area contributed by atoms with Gasteiger partial charge in [0.1, 0.15) is 0 Å². The zero-order chi connectivity index (χ0) is 20.9. The van der Waals surface area contributed by atoms with E-state index in [4.69, 9.17) is 4.74 Å². The van der Waals surface area contributed by atoms with Crippen LogP contribution in [0.4, 0.5) is 0 Å². The van der Waals surface area contributed by atoms with Crippen molar-refractivity contribution >= 4 is 11.9 Å². The van der Waals surface area contributed by atoms with Gasteiger partial charge in [-0.15, -0.1) is 0 Å². The molecule has 0 aromatic carbocycles. The molecule has 2 aliphatic carbocycles. The van der Waals surface area contributed by atoms with Crippen LogP contribution in [-0.2, 0) is 14.3 Å². The molecule has 6 unspecified atom stereocenters. The van der Waals surface area contributed by atoms with E-state index in [1.165, 1.54) is 32.1 Å². The number of aliphatic carboxylic acids is 1. The van der Waals surface area contributed by atoms with Gasteiger partial charge in [0.25, 0.3) is 0 Å². The topological polar surface area (TPSA) is 63.6 Å². The Labute approximate surface area is 171 Å². The minimum absolute atomic E-state index is 0.0427. The van der Waals surface area contributed by atoms with Crippen LogP contribution in [0.1, 0.15) is 92.4 Å². The average molecular weight is 395 g/mol. The van der Waals surface area contributed by atoms with Crippen molar-refractivity contribution in [2.24, 2.45) is 40.9 Å². The summed E-state index contributed by atoms with van der Waals surface area (Å²) >= 11 is 0. The van der Waals surface area contributed by atoms with Gasteiger partial charge in [-0.05, 0) is 61.2 Å². The van der Waals surface area contributed by atoms with Crippen LogP contribution in [0.25, 0.3) is 0 Å². The lowest BCUT2D eigenvalue weighted by molar-refractivity contribution is -0.164. The Morgan fingerprint density at radius 3 is 2.46 bits per heavy atom. The molecule has 0 saturated heterocycles. The summed E-state index contributed by atoms with van der Waals surface area (Å²) in [4.78, 5) is 24.4. The lowest BCUT2D eigenvalue weighted by atomic mass is 9.59. The monoisotopic (exact) mass is 394 g/mol. The number of esters is 1. The highest BCUT2D eigenvalue weighted by Gasteiger charge is 2.43. The Balaban J connectivity index is 1.95. The molecular formula is C24H42O4. The van der Waals surface area contributed by atoms with Crippen molar-refractivity contribution in [1.82, 2.24) is 0 Å². The number of carboxylic acids is 1. The van der Waals surface area contributed by atoms with Crippen molar-refractivity contribution in [2.75, 3.05) is 6.61 Å². The van der Waals surface area contributed by atoms with Gasteiger partial charge in [-0.25, -0.2) is 0 Å². The minimum Gasteiger partial charge on any atom is -0.481 e. The first-order valence-corrected chi connectivity index (χ1v) is 11.6. The molecule has 162 valence electrons. The van der Waals surface area contributed by atoms with Crippen LogP contribution in [0.5, 0.6) is 0 Å². The van der Waals surface area contributed by atoms with Crippen LogP contribution in [0.2, 0.25) is 0 Å². The molecule has 6 atom stereocenters. The summed E-state index contributed by atoms with van der Waals surface area (Å²) in [5.74, 6) is -0.555. The smallest absolute Gasteiger partial charge is 0.309 e. The molecule has 4 heteroatoms. The minimum atomic E-state index is -0.849. The Kier molecular flexibility index (Phi) is 8.39. The van der Waals surface area contributed by atoms with Crippen molar-refractivity contribution in [3.05, 3.63) is 0 Å². The van der Waals surface area contributed by atoms with Crippen molar-refractivity contribution in [3.63, 3.8) is 0 Å². The van der Waals surface area contributed by atoms with Crippen LogP contribution in [0.15, 0.2) is 0 Å². The number of rotatable bonds is 8. The third kappa shape index (κ3) is 5.51. The molecule has 0 aromatic heterocycles. The summed E-state index contributed by atoms with van der Waals surface area (Å²) in [5, 5.41) is 9.57. The molecule has 0 aliphatic heterocycles. The van der Waals surface area contributed by atoms with Crippen molar-refractivity contribution in [3.8, 4) is 0 Å². The highest BCUT2D eigenvalue weighted by molar-refractivity contribution is 5.81. The average Bonchev–Trinajstić information content (AvgIpc) is 2.63. The lowest BCUT2D eigenvalue weighted by Crippen LogP contribution is -2.42. The molecule has 28 heavy (non-hydrogen) atoms. The van der Waals surface area contributed by atoms with Gasteiger partial charge in [-0.3, -0.25) is 9.59 Å². The molecule has 2 aliphatic rings. The van der Waals surface area contributed by atoms with Crippen molar-refractivity contribution in [2.45, 2.75) is 92.4 Å². The highest BCUT2D eigenvalue weighted by atomic mass is 16.5. The zero-order valence-electron chi connectivity index (χ0n) is 18.7. The summed E-state index contributed by atoms with van der Waals surface area (Å²) in [6.07, 6.45) is 9.78. The van der Waals surface area contributed by atoms with E-state index < -0.39 is 17.8 Å². The summed E-state index contributed by atoms with van der Waals surface area (Å²) < 4.78 is 5.76. The van der Waals surface area contributed by atoms with E-state index in [-0.39, 0.29) is 11.9 Å². The second-order valence-electron chi connectivity index (χ2n) is 10.3. The Hall–Kier alpha value is -1.06. The second-order valence-corrected chi connectivity index (χ2v) is 10.3. The molecule has 0 amide bonds. The van der Waals surface area contributed by atoms with Crippen LogP contribution in [0.3, 0.4) is 0 Å². The number of hydrogen-bond donors (Lipinski definition) is 1. The molecule has 0 heterocycles. The molecule has 0 radical (unpaired) electrons. The first kappa shape index (κ1) is 23.2. The van der Waals surface area contributed by atoms with E-state index in [2.05, 4.69) is 27.7 Å². The lowest BCUT2D eigenvalue weighted by Gasteiger charge is -2.47. The molecule has 2 saturated carbocycles. The maximum atomic E-state index is 12.7. The van der Waals surface area contributed by atoms with Gasteiger partial charge in [0.05, 0.1) is 18.4 Å². The van der Waals surface area contributed by atoms with Gasteiger partial charge in [0.15, 0.2) is 0 Å². The zero-order valence-corrected chi connectivity index (χ0v) is 18.7. The van der Waals surface area contributed by atoms with Gasteiger partial charge >= 0.3 is 11.9 Å². The number of carbonyl (C=O) groups is 2. The van der Waals surface area contributed by atoms with Crippen molar-refractivity contribution < 1.29 is 19.4 Å². The van der Waals surface area contributed by atoms with E-state index in [1.54, 1.807) is 0 Å². The molecule has 1 N–H and O–H groups in total. The standard InChI is InChI=1S/C24H42O4/c1-6-7-8-12-20-17(3)18(13-14-24(20,4)5)15-28-23(27)19-11-9-10-16(2)21(19)22(25)26/h16-21H,6-15H2,1-5H3,(H,25,26). The number of unbranched alkanes of at least 4 members (excludes halogenated alkanes) is 2. The van der Waals surface area contributed by atoms with Crippen LogP contribution in [0, 0.1) is 40.9 Å². The fourth-order valence-electron chi connectivity index (χ4n) is 5.94. The Bertz CT molecular complexity index is 527. The SMILES string of the molecule is CCCCCC1C(C)C(COC(=O)C2CCCC(C)C2C(=O)O)CCC1(C)C. The number of hydrogen-bond acceptors (Lipinski definition) is 3. The Morgan fingerprint density at radius 2 is 1.82 bits per heavy atom. The van der Waals surface area contributed by atoms with Gasteiger partial charge in [0.2, 0.25) is 0 Å². The second kappa shape index (κ2) is 10.1. The summed E-state index contributed by atoms with van der Waals surface area (Å²) in [6.45, 7) is 11.8. The highest BCUT2D eigenvalue weighted by Crippen LogP contribution is 2.49. The fraction of sp³-hybridized carbons (Fsp3) is 0.917. The summed E-state index contributed by atoms with van der Waals surface area (Å²) in [6, 6.07) is 0. The Morgan fingerprint density at radius 1 is 1.11 bits per heavy atom. The third-order valence-corrected chi connectivity index (χ3v) is 7.91. The summed E-state index contributed by atoms with van der Waals surface area (Å²) in [7, 11) is 0. The van der Waals surface area contributed by atoms with Crippen LogP contribution < -0.4 is 0 Å². The molecule has 0 aromatic rings. The maximum absolute atomic E-state index is 12.7. The molecule has 0 spiro atoms. The van der Waals surface area contributed by atoms with E-state index in [0.717, 1.165) is 19.3 Å². The predicted molar refractivity (Wildman–Crippen MR) is 112 cm³/mol. The first-order chi connectivity index (χ1) is 13.2. The van der Waals surface area contributed by atoms with E-state index >= 15 is 0 Å². The van der Waals surface area contributed by atoms with E-state index in [1.807, 2.05) is 6.92 Å². The van der Waals surface area contributed by atoms with Crippen molar-refractivity contribution in [1.29, 1.82) is 0 Å². The molecule has 2 fully saturated rings.